The van der Waals surface area contributed by atoms with Crippen LogP contribution >= 0.6 is 0 Å². The van der Waals surface area contributed by atoms with Gasteiger partial charge >= 0.3 is 0 Å². The molecule has 2 atom stereocenters. The third-order valence-electron chi connectivity index (χ3n) is 3.97. The number of amides is 1. The Kier molecular flexibility index (Phi) is 5.12. The molecule has 2 rings (SSSR count). The molecule has 1 aliphatic heterocycles. The number of carbonyl (C=O) groups is 1. The molecule has 4 heteroatoms. The van der Waals surface area contributed by atoms with Gasteiger partial charge in [0.25, 0.3) is 0 Å². The second-order valence-corrected chi connectivity index (χ2v) is 5.71. The Morgan fingerprint density at radius 2 is 2.15 bits per heavy atom. The number of likely N-dealkylation sites (tertiary alicyclic amines) is 1. The van der Waals surface area contributed by atoms with E-state index in [9.17, 15) is 14.3 Å². The highest BCUT2D eigenvalue weighted by atomic mass is 19.1. The van der Waals surface area contributed by atoms with Crippen LogP contribution in [0.25, 0.3) is 0 Å². The minimum Gasteiger partial charge on any atom is -0.396 e. The Morgan fingerprint density at radius 3 is 2.80 bits per heavy atom. The maximum Gasteiger partial charge on any atom is 0.225 e. The van der Waals surface area contributed by atoms with Crippen LogP contribution in [-0.4, -0.2) is 35.6 Å². The molecule has 0 saturated carbocycles. The standard InChI is InChI=1S/C16H22FNO2/c1-12(9-13-4-6-15(17)7-5-13)16(20)18-8-2-3-14(10-18)11-19/h4-7,12,14,19H,2-3,8-11H2,1H3. The molecule has 0 radical (unpaired) electrons. The molecule has 0 aliphatic carbocycles. The topological polar surface area (TPSA) is 40.5 Å². The first-order valence-corrected chi connectivity index (χ1v) is 7.24. The lowest BCUT2D eigenvalue weighted by Gasteiger charge is -2.33. The Balaban J connectivity index is 1.92. The lowest BCUT2D eigenvalue weighted by atomic mass is 9.95. The predicted molar refractivity (Wildman–Crippen MR) is 75.7 cm³/mol. The van der Waals surface area contributed by atoms with Gasteiger partial charge < -0.3 is 10.0 Å². The maximum absolute atomic E-state index is 12.9. The number of carbonyl (C=O) groups excluding carboxylic acids is 1. The zero-order valence-corrected chi connectivity index (χ0v) is 11.9. The molecule has 20 heavy (non-hydrogen) atoms. The van der Waals surface area contributed by atoms with Crippen molar-refractivity contribution in [3.63, 3.8) is 0 Å². The number of aliphatic hydroxyl groups is 1. The zero-order valence-electron chi connectivity index (χ0n) is 11.9. The fourth-order valence-electron chi connectivity index (χ4n) is 2.79. The summed E-state index contributed by atoms with van der Waals surface area (Å²) in [7, 11) is 0. The first kappa shape index (κ1) is 15.0. The van der Waals surface area contributed by atoms with Gasteiger partial charge in [0, 0.05) is 25.6 Å². The zero-order chi connectivity index (χ0) is 14.5. The summed E-state index contributed by atoms with van der Waals surface area (Å²) in [6.45, 7) is 3.50. The summed E-state index contributed by atoms with van der Waals surface area (Å²) in [4.78, 5) is 14.3. The van der Waals surface area contributed by atoms with Crippen molar-refractivity contribution in [1.29, 1.82) is 0 Å². The van der Waals surface area contributed by atoms with E-state index in [2.05, 4.69) is 0 Å². The number of aliphatic hydroxyl groups excluding tert-OH is 1. The van der Waals surface area contributed by atoms with Crippen molar-refractivity contribution >= 4 is 5.91 Å². The number of rotatable bonds is 4. The molecule has 1 heterocycles. The molecule has 0 spiro atoms. The van der Waals surface area contributed by atoms with Crippen molar-refractivity contribution in [2.24, 2.45) is 11.8 Å². The molecule has 0 aromatic heterocycles. The number of halogens is 1. The summed E-state index contributed by atoms with van der Waals surface area (Å²) in [6.07, 6.45) is 2.58. The van der Waals surface area contributed by atoms with E-state index < -0.39 is 0 Å². The minimum absolute atomic E-state index is 0.113. The average molecular weight is 279 g/mol. The fraction of sp³-hybridized carbons (Fsp3) is 0.562. The van der Waals surface area contributed by atoms with Crippen molar-refractivity contribution in [2.45, 2.75) is 26.2 Å². The molecular weight excluding hydrogens is 257 g/mol. The van der Waals surface area contributed by atoms with Crippen LogP contribution in [0.4, 0.5) is 4.39 Å². The van der Waals surface area contributed by atoms with Crippen LogP contribution in [0.15, 0.2) is 24.3 Å². The molecule has 1 aromatic carbocycles. The van der Waals surface area contributed by atoms with Crippen LogP contribution in [-0.2, 0) is 11.2 Å². The Hall–Kier alpha value is -1.42. The van der Waals surface area contributed by atoms with Gasteiger partial charge in [0.2, 0.25) is 5.91 Å². The van der Waals surface area contributed by atoms with Crippen LogP contribution < -0.4 is 0 Å². The average Bonchev–Trinajstić information content (AvgIpc) is 2.48. The number of benzene rings is 1. The van der Waals surface area contributed by atoms with Crippen molar-refractivity contribution in [3.05, 3.63) is 35.6 Å². The smallest absolute Gasteiger partial charge is 0.225 e. The second kappa shape index (κ2) is 6.84. The van der Waals surface area contributed by atoms with E-state index in [-0.39, 0.29) is 30.2 Å². The first-order chi connectivity index (χ1) is 9.60. The van der Waals surface area contributed by atoms with Gasteiger partial charge in [-0.3, -0.25) is 4.79 Å². The third kappa shape index (κ3) is 3.79. The first-order valence-electron chi connectivity index (χ1n) is 7.24. The summed E-state index contributed by atoms with van der Waals surface area (Å²) in [5.41, 5.74) is 0.975. The van der Waals surface area contributed by atoms with E-state index >= 15 is 0 Å². The van der Waals surface area contributed by atoms with Gasteiger partial charge in [0.1, 0.15) is 5.82 Å². The summed E-state index contributed by atoms with van der Waals surface area (Å²) < 4.78 is 12.9. The van der Waals surface area contributed by atoms with Crippen molar-refractivity contribution < 1.29 is 14.3 Å². The minimum atomic E-state index is -0.255. The molecule has 0 bridgehead atoms. The Bertz CT molecular complexity index is 446. The van der Waals surface area contributed by atoms with E-state index in [4.69, 9.17) is 0 Å². The molecule has 1 aliphatic rings. The van der Waals surface area contributed by atoms with E-state index in [0.29, 0.717) is 13.0 Å². The molecule has 1 amide bonds. The number of hydrogen-bond donors (Lipinski definition) is 1. The number of hydrogen-bond acceptors (Lipinski definition) is 2. The number of nitrogens with zero attached hydrogens (tertiary/aromatic N) is 1. The van der Waals surface area contributed by atoms with E-state index in [1.807, 2.05) is 11.8 Å². The molecule has 110 valence electrons. The van der Waals surface area contributed by atoms with Crippen LogP contribution in [0, 0.1) is 17.7 Å². The van der Waals surface area contributed by atoms with Crippen LogP contribution in [0.2, 0.25) is 0 Å². The Labute approximate surface area is 119 Å². The van der Waals surface area contributed by atoms with Gasteiger partial charge in [-0.1, -0.05) is 19.1 Å². The van der Waals surface area contributed by atoms with Crippen LogP contribution in [0.3, 0.4) is 0 Å². The summed E-state index contributed by atoms with van der Waals surface area (Å²) in [6, 6.07) is 6.31. The van der Waals surface area contributed by atoms with Gasteiger partial charge in [0.05, 0.1) is 0 Å². The molecular formula is C16H22FNO2. The highest BCUT2D eigenvalue weighted by Crippen LogP contribution is 2.19. The molecule has 1 saturated heterocycles. The summed E-state index contributed by atoms with van der Waals surface area (Å²) in [5, 5.41) is 9.22. The van der Waals surface area contributed by atoms with Gasteiger partial charge in [-0.25, -0.2) is 4.39 Å². The van der Waals surface area contributed by atoms with Crippen molar-refractivity contribution in [2.75, 3.05) is 19.7 Å². The monoisotopic (exact) mass is 279 g/mol. The predicted octanol–water partition coefficient (Wildman–Crippen LogP) is 2.24. The van der Waals surface area contributed by atoms with Crippen molar-refractivity contribution in [3.8, 4) is 0 Å². The van der Waals surface area contributed by atoms with Gasteiger partial charge in [-0.05, 0) is 42.9 Å². The fourth-order valence-corrected chi connectivity index (χ4v) is 2.79. The lowest BCUT2D eigenvalue weighted by Crippen LogP contribution is -2.43. The van der Waals surface area contributed by atoms with Gasteiger partial charge in [-0.15, -0.1) is 0 Å². The van der Waals surface area contributed by atoms with Gasteiger partial charge in [-0.2, -0.15) is 0 Å². The molecule has 1 fully saturated rings. The largest absolute Gasteiger partial charge is 0.396 e. The van der Waals surface area contributed by atoms with Crippen molar-refractivity contribution in [1.82, 2.24) is 4.90 Å². The maximum atomic E-state index is 12.9. The van der Waals surface area contributed by atoms with Gasteiger partial charge in [0.15, 0.2) is 0 Å². The quantitative estimate of drug-likeness (QED) is 0.918. The SMILES string of the molecule is CC(Cc1ccc(F)cc1)C(=O)N1CCCC(CO)C1. The van der Waals surface area contributed by atoms with Crippen LogP contribution in [0.5, 0.6) is 0 Å². The summed E-state index contributed by atoms with van der Waals surface area (Å²) in [5.74, 6) is -0.0225. The molecule has 1 N–H and O–H groups in total. The number of piperidine rings is 1. The Morgan fingerprint density at radius 1 is 1.45 bits per heavy atom. The second-order valence-electron chi connectivity index (χ2n) is 5.71. The molecule has 3 nitrogen and oxygen atoms in total. The van der Waals surface area contributed by atoms with E-state index in [1.165, 1.54) is 12.1 Å². The highest BCUT2D eigenvalue weighted by molar-refractivity contribution is 5.78. The normalized spacial score (nSPS) is 20.8. The van der Waals surface area contributed by atoms with E-state index in [0.717, 1.165) is 24.9 Å². The molecule has 2 unspecified atom stereocenters. The summed E-state index contributed by atoms with van der Waals surface area (Å²) >= 11 is 0. The van der Waals surface area contributed by atoms with Crippen LogP contribution in [0.1, 0.15) is 25.3 Å². The van der Waals surface area contributed by atoms with E-state index in [1.54, 1.807) is 12.1 Å². The highest BCUT2D eigenvalue weighted by Gasteiger charge is 2.26. The lowest BCUT2D eigenvalue weighted by molar-refractivity contribution is -0.137. The third-order valence-corrected chi connectivity index (χ3v) is 3.97. The molecule has 1 aromatic rings.